The van der Waals surface area contributed by atoms with Crippen molar-refractivity contribution in [2.75, 3.05) is 6.54 Å². The summed E-state index contributed by atoms with van der Waals surface area (Å²) in [6.07, 6.45) is 4.93. The Hall–Kier alpha value is -1.35. The quantitative estimate of drug-likeness (QED) is 0.894. The van der Waals surface area contributed by atoms with Gasteiger partial charge in [0.15, 0.2) is 0 Å². The Morgan fingerprint density at radius 1 is 1.24 bits per heavy atom. The summed E-state index contributed by atoms with van der Waals surface area (Å²) in [7, 11) is 0. The van der Waals surface area contributed by atoms with Crippen LogP contribution in [0, 0.1) is 6.92 Å². The van der Waals surface area contributed by atoms with Crippen LogP contribution in [-0.2, 0) is 10.2 Å². The highest BCUT2D eigenvalue weighted by molar-refractivity contribution is 5.86. The van der Waals surface area contributed by atoms with Gasteiger partial charge in [0, 0.05) is 12.0 Å². The fourth-order valence-corrected chi connectivity index (χ4v) is 3.31. The van der Waals surface area contributed by atoms with Crippen LogP contribution in [0.25, 0.3) is 0 Å². The van der Waals surface area contributed by atoms with Gasteiger partial charge >= 0.3 is 0 Å². The summed E-state index contributed by atoms with van der Waals surface area (Å²) in [4.78, 5) is 12.4. The maximum atomic E-state index is 12.4. The van der Waals surface area contributed by atoms with Gasteiger partial charge in [-0.1, -0.05) is 57.4 Å². The molecule has 1 aromatic rings. The van der Waals surface area contributed by atoms with Gasteiger partial charge in [-0.25, -0.2) is 0 Å². The number of hydrogen-bond donors (Lipinski definition) is 2. The number of rotatable bonds is 4. The van der Waals surface area contributed by atoms with Crippen LogP contribution in [0.3, 0.4) is 0 Å². The molecule has 0 radical (unpaired) electrons. The number of nitrogens with two attached hydrogens (primary N) is 1. The van der Waals surface area contributed by atoms with Crippen molar-refractivity contribution in [3.8, 4) is 0 Å². The Labute approximate surface area is 128 Å². The van der Waals surface area contributed by atoms with E-state index in [1.54, 1.807) is 0 Å². The highest BCUT2D eigenvalue weighted by Crippen LogP contribution is 2.28. The van der Waals surface area contributed by atoms with Crippen LogP contribution in [-0.4, -0.2) is 18.0 Å². The van der Waals surface area contributed by atoms with E-state index in [0.29, 0.717) is 6.54 Å². The van der Waals surface area contributed by atoms with Crippen molar-refractivity contribution in [2.24, 2.45) is 5.73 Å². The molecular weight excluding hydrogens is 260 g/mol. The first-order valence-electron chi connectivity index (χ1n) is 7.98. The predicted octanol–water partition coefficient (Wildman–Crippen LogP) is 3.05. The van der Waals surface area contributed by atoms with Crippen molar-refractivity contribution in [1.82, 2.24) is 5.32 Å². The monoisotopic (exact) mass is 288 g/mol. The summed E-state index contributed by atoms with van der Waals surface area (Å²) in [6, 6.07) is 8.35. The van der Waals surface area contributed by atoms with Gasteiger partial charge < -0.3 is 11.1 Å². The van der Waals surface area contributed by atoms with Crippen LogP contribution in [0.2, 0.25) is 0 Å². The first-order valence-corrected chi connectivity index (χ1v) is 7.98. The van der Waals surface area contributed by atoms with E-state index in [1.807, 2.05) is 6.07 Å². The molecule has 3 nitrogen and oxygen atoms in total. The van der Waals surface area contributed by atoms with Gasteiger partial charge in [0.1, 0.15) is 0 Å². The van der Waals surface area contributed by atoms with Crippen LogP contribution in [0.1, 0.15) is 57.1 Å². The van der Waals surface area contributed by atoms with E-state index in [0.717, 1.165) is 25.7 Å². The zero-order valence-electron chi connectivity index (χ0n) is 13.5. The molecule has 0 heterocycles. The summed E-state index contributed by atoms with van der Waals surface area (Å²) in [5, 5.41) is 3.09. The molecule has 3 heteroatoms. The Kier molecular flexibility index (Phi) is 4.72. The minimum atomic E-state index is -0.653. The molecule has 0 spiro atoms. The van der Waals surface area contributed by atoms with E-state index in [2.05, 4.69) is 44.3 Å². The van der Waals surface area contributed by atoms with E-state index in [9.17, 15) is 4.79 Å². The van der Waals surface area contributed by atoms with Gasteiger partial charge in [-0.2, -0.15) is 0 Å². The number of carbonyl (C=O) groups is 1. The number of hydrogen-bond acceptors (Lipinski definition) is 2. The lowest BCUT2D eigenvalue weighted by Gasteiger charge is -2.34. The molecule has 1 aliphatic rings. The molecule has 1 fully saturated rings. The molecule has 1 amide bonds. The molecule has 0 bridgehead atoms. The summed E-state index contributed by atoms with van der Waals surface area (Å²) in [6.45, 7) is 7.07. The van der Waals surface area contributed by atoms with E-state index < -0.39 is 5.54 Å². The number of benzene rings is 1. The fraction of sp³-hybridized carbons (Fsp3) is 0.611. The smallest absolute Gasteiger partial charge is 0.240 e. The molecule has 0 atom stereocenters. The van der Waals surface area contributed by atoms with E-state index in [-0.39, 0.29) is 11.3 Å². The van der Waals surface area contributed by atoms with Crippen molar-refractivity contribution in [1.29, 1.82) is 0 Å². The molecule has 1 aliphatic carbocycles. The molecule has 0 unspecified atom stereocenters. The van der Waals surface area contributed by atoms with Crippen LogP contribution >= 0.6 is 0 Å². The van der Waals surface area contributed by atoms with Gasteiger partial charge in [-0.3, -0.25) is 4.79 Å². The Bertz CT molecular complexity index is 502. The predicted molar refractivity (Wildman–Crippen MR) is 87.2 cm³/mol. The molecular formula is C18H28N2O. The van der Waals surface area contributed by atoms with Gasteiger partial charge in [-0.15, -0.1) is 0 Å². The molecule has 0 aromatic heterocycles. The third-order valence-electron chi connectivity index (χ3n) is 4.76. The fourth-order valence-electron chi connectivity index (χ4n) is 3.31. The first kappa shape index (κ1) is 16.0. The lowest BCUT2D eigenvalue weighted by atomic mass is 9.80. The van der Waals surface area contributed by atoms with Gasteiger partial charge in [-0.05, 0) is 30.9 Å². The van der Waals surface area contributed by atoms with Crippen LogP contribution in [0.5, 0.6) is 0 Å². The molecule has 1 saturated carbocycles. The van der Waals surface area contributed by atoms with Crippen LogP contribution < -0.4 is 11.1 Å². The first-order chi connectivity index (χ1) is 9.85. The normalized spacial score (nSPS) is 18.3. The van der Waals surface area contributed by atoms with Crippen molar-refractivity contribution in [2.45, 2.75) is 63.8 Å². The molecule has 3 N–H and O–H groups in total. The molecule has 116 valence electrons. The van der Waals surface area contributed by atoms with Crippen molar-refractivity contribution in [3.05, 3.63) is 35.4 Å². The molecule has 0 saturated heterocycles. The Morgan fingerprint density at radius 2 is 1.86 bits per heavy atom. The molecule has 21 heavy (non-hydrogen) atoms. The second-order valence-corrected chi connectivity index (χ2v) is 7.10. The zero-order valence-corrected chi connectivity index (χ0v) is 13.5. The maximum Gasteiger partial charge on any atom is 0.240 e. The average Bonchev–Trinajstić information content (AvgIpc) is 2.46. The summed E-state index contributed by atoms with van der Waals surface area (Å²) >= 11 is 0. The molecule has 0 aliphatic heterocycles. The lowest BCUT2D eigenvalue weighted by Crippen LogP contribution is -2.56. The SMILES string of the molecule is Cc1ccccc1C(C)(C)CNC(=O)C1(N)CCCCC1. The Balaban J connectivity index is 2.01. The topological polar surface area (TPSA) is 55.1 Å². The summed E-state index contributed by atoms with van der Waals surface area (Å²) in [5.74, 6) is 0.0175. The molecule has 2 rings (SSSR count). The summed E-state index contributed by atoms with van der Waals surface area (Å²) < 4.78 is 0. The second kappa shape index (κ2) is 6.18. The zero-order chi connectivity index (χ0) is 15.5. The number of carbonyl (C=O) groups excluding carboxylic acids is 1. The van der Waals surface area contributed by atoms with E-state index >= 15 is 0 Å². The van der Waals surface area contributed by atoms with Crippen LogP contribution in [0.4, 0.5) is 0 Å². The van der Waals surface area contributed by atoms with Crippen molar-refractivity contribution >= 4 is 5.91 Å². The summed E-state index contributed by atoms with van der Waals surface area (Å²) in [5.41, 5.74) is 8.08. The third kappa shape index (κ3) is 3.65. The standard InChI is InChI=1S/C18H28N2O/c1-14-9-5-6-10-15(14)17(2,3)13-20-16(21)18(19)11-7-4-8-12-18/h5-6,9-10H,4,7-8,11-13,19H2,1-3H3,(H,20,21). The minimum Gasteiger partial charge on any atom is -0.354 e. The highest BCUT2D eigenvalue weighted by atomic mass is 16.2. The molecule has 1 aromatic carbocycles. The van der Waals surface area contributed by atoms with Gasteiger partial charge in [0.05, 0.1) is 5.54 Å². The number of amides is 1. The van der Waals surface area contributed by atoms with Crippen LogP contribution in [0.15, 0.2) is 24.3 Å². The largest absolute Gasteiger partial charge is 0.354 e. The Morgan fingerprint density at radius 3 is 2.48 bits per heavy atom. The lowest BCUT2D eigenvalue weighted by molar-refractivity contribution is -0.127. The van der Waals surface area contributed by atoms with E-state index in [1.165, 1.54) is 17.5 Å². The van der Waals surface area contributed by atoms with Crippen molar-refractivity contribution in [3.63, 3.8) is 0 Å². The third-order valence-corrected chi connectivity index (χ3v) is 4.76. The van der Waals surface area contributed by atoms with Gasteiger partial charge in [0.2, 0.25) is 5.91 Å². The van der Waals surface area contributed by atoms with Crippen molar-refractivity contribution < 1.29 is 4.79 Å². The van der Waals surface area contributed by atoms with E-state index in [4.69, 9.17) is 5.73 Å². The number of aryl methyl sites for hydroxylation is 1. The highest BCUT2D eigenvalue weighted by Gasteiger charge is 2.36. The average molecular weight is 288 g/mol. The maximum absolute atomic E-state index is 12.4. The van der Waals surface area contributed by atoms with Gasteiger partial charge in [0.25, 0.3) is 0 Å². The second-order valence-electron chi connectivity index (χ2n) is 7.10. The number of nitrogens with one attached hydrogen (secondary N) is 1. The minimum absolute atomic E-state index is 0.0175.